The Kier molecular flexibility index (Phi) is 7.16. The van der Waals surface area contributed by atoms with Crippen LogP contribution in [-0.2, 0) is 19.1 Å². The molecule has 4 rings (SSSR count). The van der Waals surface area contributed by atoms with Crippen LogP contribution in [0.15, 0.2) is 48.5 Å². The quantitative estimate of drug-likeness (QED) is 0.372. The number of hydrogen-bond acceptors (Lipinski definition) is 6. The highest BCUT2D eigenvalue weighted by atomic mass is 35.5. The zero-order valence-electron chi connectivity index (χ0n) is 19.0. The minimum Gasteiger partial charge on any atom is -0.452 e. The van der Waals surface area contributed by atoms with E-state index >= 15 is 0 Å². The molecule has 0 aromatic heterocycles. The summed E-state index contributed by atoms with van der Waals surface area (Å²) in [7, 11) is 0. The number of carbonyl (C=O) groups is 5. The SMILES string of the molecule is C[C@@H]1CC[C@H]2C(=O)N(c3cccc(C(=O)OCC(=O)NNC(=O)c4ccccc4Cl)c3)C(=O)[C@@H]2C1. The summed E-state index contributed by atoms with van der Waals surface area (Å²) in [5.41, 5.74) is 4.89. The van der Waals surface area contributed by atoms with Gasteiger partial charge in [0.1, 0.15) is 0 Å². The van der Waals surface area contributed by atoms with Gasteiger partial charge in [-0.05, 0) is 55.5 Å². The van der Waals surface area contributed by atoms with Crippen molar-refractivity contribution in [2.45, 2.75) is 26.2 Å². The van der Waals surface area contributed by atoms with Crippen molar-refractivity contribution in [3.05, 3.63) is 64.7 Å². The van der Waals surface area contributed by atoms with Crippen molar-refractivity contribution in [1.29, 1.82) is 0 Å². The van der Waals surface area contributed by atoms with Gasteiger partial charge in [0.25, 0.3) is 11.8 Å². The lowest BCUT2D eigenvalue weighted by molar-refractivity contribution is -0.125. The lowest BCUT2D eigenvalue weighted by Crippen LogP contribution is -2.43. The summed E-state index contributed by atoms with van der Waals surface area (Å²) in [5, 5.41) is 0.217. The molecule has 1 saturated carbocycles. The van der Waals surface area contributed by atoms with Gasteiger partial charge in [-0.25, -0.2) is 4.79 Å². The van der Waals surface area contributed by atoms with Gasteiger partial charge < -0.3 is 4.74 Å². The van der Waals surface area contributed by atoms with E-state index in [4.69, 9.17) is 16.3 Å². The molecular formula is C25H24ClN3O6. The first kappa shape index (κ1) is 24.4. The van der Waals surface area contributed by atoms with E-state index in [0.717, 1.165) is 11.3 Å². The Labute approximate surface area is 206 Å². The van der Waals surface area contributed by atoms with E-state index in [0.29, 0.717) is 24.4 Å². The Morgan fingerprint density at radius 2 is 1.74 bits per heavy atom. The number of benzene rings is 2. The lowest BCUT2D eigenvalue weighted by atomic mass is 9.76. The summed E-state index contributed by atoms with van der Waals surface area (Å²) in [5.74, 6) is -2.96. The summed E-state index contributed by atoms with van der Waals surface area (Å²) in [4.78, 5) is 63.5. The smallest absolute Gasteiger partial charge is 0.338 e. The van der Waals surface area contributed by atoms with Gasteiger partial charge in [0.05, 0.1) is 33.7 Å². The topological polar surface area (TPSA) is 122 Å². The molecule has 0 unspecified atom stereocenters. The number of ether oxygens (including phenoxy) is 1. The van der Waals surface area contributed by atoms with Crippen molar-refractivity contribution in [2.24, 2.45) is 17.8 Å². The van der Waals surface area contributed by atoms with Gasteiger partial charge in [0, 0.05) is 0 Å². The van der Waals surface area contributed by atoms with Crippen LogP contribution in [0, 0.1) is 17.8 Å². The summed E-state index contributed by atoms with van der Waals surface area (Å²) in [6.45, 7) is 1.42. The number of carbonyl (C=O) groups excluding carboxylic acids is 5. The molecule has 0 spiro atoms. The number of hydrogen-bond donors (Lipinski definition) is 2. The molecule has 4 amide bonds. The second kappa shape index (κ2) is 10.3. The first-order chi connectivity index (χ1) is 16.8. The molecule has 35 heavy (non-hydrogen) atoms. The van der Waals surface area contributed by atoms with Crippen LogP contribution in [0.2, 0.25) is 5.02 Å². The van der Waals surface area contributed by atoms with E-state index < -0.39 is 24.4 Å². The molecule has 2 aromatic carbocycles. The fourth-order valence-electron chi connectivity index (χ4n) is 4.51. The van der Waals surface area contributed by atoms with Crippen LogP contribution in [0.5, 0.6) is 0 Å². The Bertz CT molecular complexity index is 1200. The summed E-state index contributed by atoms with van der Waals surface area (Å²) < 4.78 is 5.01. The molecule has 1 aliphatic heterocycles. The Morgan fingerprint density at radius 1 is 1.00 bits per heavy atom. The molecule has 3 atom stereocenters. The van der Waals surface area contributed by atoms with Crippen LogP contribution >= 0.6 is 11.6 Å². The Hall–Kier alpha value is -3.72. The zero-order chi connectivity index (χ0) is 25.1. The second-order valence-electron chi connectivity index (χ2n) is 8.75. The zero-order valence-corrected chi connectivity index (χ0v) is 19.7. The summed E-state index contributed by atoms with van der Waals surface area (Å²) in [6.07, 6.45) is 2.26. The normalized spacial score (nSPS) is 21.3. The van der Waals surface area contributed by atoms with Crippen molar-refractivity contribution in [2.75, 3.05) is 11.5 Å². The number of hydrazine groups is 1. The molecule has 2 aromatic rings. The third kappa shape index (κ3) is 5.19. The van der Waals surface area contributed by atoms with Crippen molar-refractivity contribution in [3.8, 4) is 0 Å². The van der Waals surface area contributed by atoms with Gasteiger partial charge in [0.15, 0.2) is 6.61 Å². The van der Waals surface area contributed by atoms with Gasteiger partial charge in [-0.15, -0.1) is 0 Å². The van der Waals surface area contributed by atoms with E-state index in [1.165, 1.54) is 24.3 Å². The third-order valence-corrected chi connectivity index (χ3v) is 6.63. The molecule has 9 nitrogen and oxygen atoms in total. The Morgan fingerprint density at radius 3 is 2.51 bits per heavy atom. The van der Waals surface area contributed by atoms with Gasteiger partial charge in [-0.2, -0.15) is 0 Å². The van der Waals surface area contributed by atoms with E-state index in [2.05, 4.69) is 17.8 Å². The van der Waals surface area contributed by atoms with Crippen molar-refractivity contribution in [3.63, 3.8) is 0 Å². The number of anilines is 1. The van der Waals surface area contributed by atoms with E-state index in [1.54, 1.807) is 24.3 Å². The fourth-order valence-corrected chi connectivity index (χ4v) is 4.73. The highest BCUT2D eigenvalue weighted by molar-refractivity contribution is 6.33. The first-order valence-electron chi connectivity index (χ1n) is 11.2. The summed E-state index contributed by atoms with van der Waals surface area (Å²) in [6, 6.07) is 12.3. The maximum atomic E-state index is 12.9. The highest BCUT2D eigenvalue weighted by Crippen LogP contribution is 2.42. The number of rotatable bonds is 5. The predicted octanol–water partition coefficient (Wildman–Crippen LogP) is 2.88. The number of fused-ring (bicyclic) bond motifs is 1. The average Bonchev–Trinajstić information content (AvgIpc) is 3.10. The molecule has 2 fully saturated rings. The summed E-state index contributed by atoms with van der Waals surface area (Å²) >= 11 is 5.94. The molecule has 1 saturated heterocycles. The van der Waals surface area contributed by atoms with Crippen LogP contribution in [0.4, 0.5) is 5.69 Å². The number of nitrogens with zero attached hydrogens (tertiary/aromatic N) is 1. The second-order valence-corrected chi connectivity index (χ2v) is 9.16. The Balaban J connectivity index is 1.34. The predicted molar refractivity (Wildman–Crippen MR) is 126 cm³/mol. The van der Waals surface area contributed by atoms with Crippen LogP contribution in [0.3, 0.4) is 0 Å². The maximum Gasteiger partial charge on any atom is 0.338 e. The third-order valence-electron chi connectivity index (χ3n) is 6.30. The highest BCUT2D eigenvalue weighted by Gasteiger charge is 2.50. The largest absolute Gasteiger partial charge is 0.452 e. The van der Waals surface area contributed by atoms with Gasteiger partial charge in [-0.1, -0.05) is 36.7 Å². The number of nitrogens with one attached hydrogen (secondary N) is 2. The maximum absolute atomic E-state index is 12.9. The minimum atomic E-state index is -0.815. The van der Waals surface area contributed by atoms with Crippen LogP contribution in [-0.4, -0.2) is 36.2 Å². The number of imide groups is 1. The lowest BCUT2D eigenvalue weighted by Gasteiger charge is -2.25. The molecule has 0 radical (unpaired) electrons. The molecule has 2 aliphatic rings. The van der Waals surface area contributed by atoms with E-state index in [-0.39, 0.29) is 39.8 Å². The monoisotopic (exact) mass is 497 g/mol. The van der Waals surface area contributed by atoms with Crippen molar-refractivity contribution in [1.82, 2.24) is 10.9 Å². The molecular weight excluding hydrogens is 474 g/mol. The van der Waals surface area contributed by atoms with Crippen molar-refractivity contribution >= 4 is 46.9 Å². The first-order valence-corrected chi connectivity index (χ1v) is 11.6. The molecule has 10 heteroatoms. The number of esters is 1. The van der Waals surface area contributed by atoms with Crippen LogP contribution in [0.1, 0.15) is 46.9 Å². The van der Waals surface area contributed by atoms with Gasteiger partial charge >= 0.3 is 5.97 Å². The standard InChI is InChI=1S/C25H24ClN3O6/c1-14-9-10-17-19(11-14)24(33)29(23(17)32)16-6-4-5-15(12-16)25(34)35-13-21(30)27-28-22(31)18-7-2-3-8-20(18)26/h2-8,12,14,17,19H,9-11,13H2,1H3,(H,27,30)(H,28,31)/t14-,17-,19-/m1/s1. The molecule has 2 N–H and O–H groups in total. The molecule has 1 aliphatic carbocycles. The van der Waals surface area contributed by atoms with Gasteiger partial charge in [0.2, 0.25) is 11.8 Å². The molecule has 1 heterocycles. The van der Waals surface area contributed by atoms with Crippen LogP contribution in [0.25, 0.3) is 0 Å². The minimum absolute atomic E-state index is 0.0826. The van der Waals surface area contributed by atoms with Crippen molar-refractivity contribution < 1.29 is 28.7 Å². The molecule has 0 bridgehead atoms. The van der Waals surface area contributed by atoms with E-state index in [9.17, 15) is 24.0 Å². The number of amides is 4. The average molecular weight is 498 g/mol. The fraction of sp³-hybridized carbons (Fsp3) is 0.320. The van der Waals surface area contributed by atoms with E-state index in [1.807, 2.05) is 0 Å². The van der Waals surface area contributed by atoms with Gasteiger partial charge in [-0.3, -0.25) is 34.9 Å². The van der Waals surface area contributed by atoms with Crippen LogP contribution < -0.4 is 15.8 Å². The number of halogens is 1. The molecule has 182 valence electrons.